The van der Waals surface area contributed by atoms with Gasteiger partial charge in [0.25, 0.3) is 0 Å². The van der Waals surface area contributed by atoms with Gasteiger partial charge in [-0.3, -0.25) is 0 Å². The van der Waals surface area contributed by atoms with Crippen molar-refractivity contribution in [3.05, 3.63) is 88.2 Å². The molecule has 4 nitrogen and oxygen atoms in total. The van der Waals surface area contributed by atoms with Crippen LogP contribution < -0.4 is 0 Å². The molecule has 1 aliphatic rings. The van der Waals surface area contributed by atoms with Crippen molar-refractivity contribution in [3.63, 3.8) is 0 Å². The number of nitrogens with zero attached hydrogens (tertiary/aromatic N) is 2. The van der Waals surface area contributed by atoms with Crippen molar-refractivity contribution in [2.24, 2.45) is 10.6 Å². The van der Waals surface area contributed by atoms with Gasteiger partial charge in [-0.1, -0.05) is 48.8 Å². The number of carbonyl (C=O) groups excluding carboxylic acids is 1. The number of rotatable bonds is 3. The highest BCUT2D eigenvalue weighted by Crippen LogP contribution is 2.38. The largest absolute Gasteiger partial charge is 0.365 e. The molecule has 0 saturated heterocycles. The molecule has 5 heteroatoms. The van der Waals surface area contributed by atoms with Crippen molar-refractivity contribution in [2.45, 2.75) is 33.6 Å². The Morgan fingerprint density at radius 1 is 1.07 bits per heavy atom. The van der Waals surface area contributed by atoms with Gasteiger partial charge >= 0.3 is 5.97 Å². The van der Waals surface area contributed by atoms with Crippen molar-refractivity contribution in [1.82, 2.24) is 4.57 Å². The predicted molar refractivity (Wildman–Crippen MR) is 116 cm³/mol. The van der Waals surface area contributed by atoms with E-state index in [1.165, 1.54) is 5.69 Å². The van der Waals surface area contributed by atoms with Gasteiger partial charge in [0.15, 0.2) is 0 Å². The van der Waals surface area contributed by atoms with Crippen LogP contribution in [0.4, 0.5) is 0 Å². The Bertz CT molecular complexity index is 1080. The van der Waals surface area contributed by atoms with Crippen LogP contribution in [0, 0.1) is 12.3 Å². The van der Waals surface area contributed by atoms with Crippen LogP contribution in [0.15, 0.2) is 65.8 Å². The molecule has 0 saturated carbocycles. The molecular formula is C24H23ClN2O2. The first-order chi connectivity index (χ1) is 13.8. The van der Waals surface area contributed by atoms with E-state index in [0.717, 1.165) is 35.5 Å². The lowest BCUT2D eigenvalue weighted by atomic mass is 9.76. The Kier molecular flexibility index (Phi) is 5.05. The number of aryl methyl sites for hydroxylation is 1. The minimum absolute atomic E-state index is 0.00976. The van der Waals surface area contributed by atoms with E-state index in [4.69, 9.17) is 16.4 Å². The molecule has 0 spiro atoms. The topological polar surface area (TPSA) is 43.6 Å². The van der Waals surface area contributed by atoms with E-state index in [-0.39, 0.29) is 5.41 Å². The highest BCUT2D eigenvalue weighted by Gasteiger charge is 2.33. The Hall–Kier alpha value is -2.85. The Morgan fingerprint density at radius 2 is 1.76 bits per heavy atom. The Morgan fingerprint density at radius 3 is 2.45 bits per heavy atom. The van der Waals surface area contributed by atoms with Gasteiger partial charge in [-0.2, -0.15) is 0 Å². The van der Waals surface area contributed by atoms with E-state index in [0.29, 0.717) is 10.6 Å². The zero-order valence-corrected chi connectivity index (χ0v) is 17.5. The average molecular weight is 407 g/mol. The van der Waals surface area contributed by atoms with Gasteiger partial charge in [0.05, 0.1) is 11.3 Å². The van der Waals surface area contributed by atoms with Crippen molar-refractivity contribution >= 4 is 23.3 Å². The summed E-state index contributed by atoms with van der Waals surface area (Å²) in [5.41, 5.74) is 5.75. The number of aromatic nitrogens is 1. The standard InChI is InChI=1S/C24H23ClN2O2/c1-16-13-20-21(26-29-23(28)17-9-11-18(25)12-10-17)14-24(2,3)15-22(20)27(16)19-7-5-4-6-8-19/h4-13H,14-15H2,1-3H3/b26-21+. The lowest BCUT2D eigenvalue weighted by molar-refractivity contribution is 0.0514. The molecule has 0 unspecified atom stereocenters. The summed E-state index contributed by atoms with van der Waals surface area (Å²) in [6.45, 7) is 6.52. The van der Waals surface area contributed by atoms with Crippen LogP contribution in [-0.2, 0) is 11.3 Å². The Balaban J connectivity index is 1.70. The molecule has 1 heterocycles. The van der Waals surface area contributed by atoms with Crippen molar-refractivity contribution in [2.75, 3.05) is 0 Å². The number of hydrogen-bond donors (Lipinski definition) is 0. The molecule has 0 radical (unpaired) electrons. The van der Waals surface area contributed by atoms with Crippen LogP contribution in [0.5, 0.6) is 0 Å². The number of carbonyl (C=O) groups is 1. The maximum atomic E-state index is 12.4. The van der Waals surface area contributed by atoms with Gasteiger partial charge < -0.3 is 9.40 Å². The molecule has 29 heavy (non-hydrogen) atoms. The van der Waals surface area contributed by atoms with Crippen molar-refractivity contribution in [3.8, 4) is 5.69 Å². The molecular weight excluding hydrogens is 384 g/mol. The molecule has 0 fully saturated rings. The van der Waals surface area contributed by atoms with Gasteiger partial charge in [-0.15, -0.1) is 0 Å². The summed E-state index contributed by atoms with van der Waals surface area (Å²) >= 11 is 5.89. The van der Waals surface area contributed by atoms with Gasteiger partial charge in [0.1, 0.15) is 0 Å². The van der Waals surface area contributed by atoms with Crippen LogP contribution in [0.25, 0.3) is 5.69 Å². The van der Waals surface area contributed by atoms with E-state index < -0.39 is 5.97 Å². The summed E-state index contributed by atoms with van der Waals surface area (Å²) < 4.78 is 2.27. The van der Waals surface area contributed by atoms with Gasteiger partial charge in [0, 0.05) is 27.7 Å². The van der Waals surface area contributed by atoms with Gasteiger partial charge in [-0.05, 0) is 67.6 Å². The fourth-order valence-corrected chi connectivity index (χ4v) is 4.06. The van der Waals surface area contributed by atoms with E-state index in [2.05, 4.69) is 48.7 Å². The first kappa shape index (κ1) is 19.5. The molecule has 2 aromatic carbocycles. The fraction of sp³-hybridized carbons (Fsp3) is 0.250. The molecule has 1 aromatic heterocycles. The summed E-state index contributed by atoms with van der Waals surface area (Å²) in [5.74, 6) is -0.488. The first-order valence-corrected chi connectivity index (χ1v) is 10.0. The molecule has 0 amide bonds. The number of benzene rings is 2. The fourth-order valence-electron chi connectivity index (χ4n) is 3.93. The third kappa shape index (κ3) is 3.99. The minimum atomic E-state index is -0.488. The average Bonchev–Trinajstić information content (AvgIpc) is 3.01. The van der Waals surface area contributed by atoms with Crippen LogP contribution in [-0.4, -0.2) is 16.2 Å². The van der Waals surface area contributed by atoms with E-state index in [1.54, 1.807) is 24.3 Å². The second kappa shape index (κ2) is 7.53. The van der Waals surface area contributed by atoms with E-state index in [9.17, 15) is 4.79 Å². The molecule has 1 aliphatic carbocycles. The lowest BCUT2D eigenvalue weighted by Gasteiger charge is -2.31. The summed E-state index contributed by atoms with van der Waals surface area (Å²) in [5, 5.41) is 4.86. The third-order valence-corrected chi connectivity index (χ3v) is 5.47. The number of oxime groups is 1. The normalized spacial score (nSPS) is 16.5. The second-order valence-electron chi connectivity index (χ2n) is 8.26. The lowest BCUT2D eigenvalue weighted by Crippen LogP contribution is -2.28. The summed E-state index contributed by atoms with van der Waals surface area (Å²) in [4.78, 5) is 17.7. The summed E-state index contributed by atoms with van der Waals surface area (Å²) in [6.07, 6.45) is 1.67. The number of para-hydroxylation sites is 1. The number of hydrogen-bond acceptors (Lipinski definition) is 3. The third-order valence-electron chi connectivity index (χ3n) is 5.22. The quantitative estimate of drug-likeness (QED) is 0.397. The van der Waals surface area contributed by atoms with Gasteiger partial charge in [0.2, 0.25) is 0 Å². The highest BCUT2D eigenvalue weighted by atomic mass is 35.5. The highest BCUT2D eigenvalue weighted by molar-refractivity contribution is 6.30. The van der Waals surface area contributed by atoms with Crippen LogP contribution in [0.2, 0.25) is 5.02 Å². The SMILES string of the molecule is Cc1cc2c(n1-c1ccccc1)CC(C)(C)C/C2=N\OC(=O)c1ccc(Cl)cc1. The zero-order valence-electron chi connectivity index (χ0n) is 16.8. The summed E-state index contributed by atoms with van der Waals surface area (Å²) in [7, 11) is 0. The molecule has 3 aromatic rings. The molecule has 0 bridgehead atoms. The zero-order chi connectivity index (χ0) is 20.6. The molecule has 0 N–H and O–H groups in total. The van der Waals surface area contributed by atoms with Crippen molar-refractivity contribution in [1.29, 1.82) is 0 Å². The van der Waals surface area contributed by atoms with E-state index in [1.807, 2.05) is 18.2 Å². The van der Waals surface area contributed by atoms with E-state index >= 15 is 0 Å². The minimum Gasteiger partial charge on any atom is -0.318 e. The first-order valence-electron chi connectivity index (χ1n) is 9.65. The van der Waals surface area contributed by atoms with Crippen LogP contribution >= 0.6 is 11.6 Å². The van der Waals surface area contributed by atoms with Crippen LogP contribution in [0.1, 0.15) is 47.6 Å². The monoisotopic (exact) mass is 406 g/mol. The molecule has 0 aliphatic heterocycles. The molecule has 148 valence electrons. The molecule has 0 atom stereocenters. The van der Waals surface area contributed by atoms with Crippen molar-refractivity contribution < 1.29 is 9.63 Å². The smallest absolute Gasteiger partial charge is 0.318 e. The second-order valence-corrected chi connectivity index (χ2v) is 8.69. The summed E-state index contributed by atoms with van der Waals surface area (Å²) in [6, 6.07) is 19.0. The van der Waals surface area contributed by atoms with Gasteiger partial charge in [-0.25, -0.2) is 4.79 Å². The number of halogens is 1. The Labute approximate surface area is 175 Å². The maximum Gasteiger partial charge on any atom is 0.365 e. The molecule has 4 rings (SSSR count). The maximum absolute atomic E-state index is 12.4. The van der Waals surface area contributed by atoms with Crippen LogP contribution in [0.3, 0.4) is 0 Å². The predicted octanol–water partition coefficient (Wildman–Crippen LogP) is 5.97. The number of fused-ring (bicyclic) bond motifs is 1.